The highest BCUT2D eigenvalue weighted by atomic mass is 16.5. The third-order valence-electron chi connectivity index (χ3n) is 4.42. The summed E-state index contributed by atoms with van der Waals surface area (Å²) in [7, 11) is 3.36. The lowest BCUT2D eigenvalue weighted by Crippen LogP contribution is -2.33. The highest BCUT2D eigenvalue weighted by molar-refractivity contribution is 5.95. The Hall–Kier alpha value is -2.82. The number of carbonyl (C=O) groups is 2. The molecule has 0 aliphatic carbocycles. The maximum Gasteiger partial charge on any atom is 0.260 e. The fraction of sp³-hybridized carbons (Fsp3) is 0.333. The zero-order valence-corrected chi connectivity index (χ0v) is 15.7. The Morgan fingerprint density at radius 2 is 1.73 bits per heavy atom. The number of likely N-dealkylation sites (N-methyl/N-ethyl adjacent to an activating group) is 1. The lowest BCUT2D eigenvalue weighted by atomic mass is 10.1. The SMILES string of the molecule is CCC(=O)c1ccc(OCC(=O)N(C)C(C)c2ccccc2OC)cc1. The number of Topliss-reactive ketones (excluding diaryl/α,β-unsaturated/α-hetero) is 1. The molecule has 26 heavy (non-hydrogen) atoms. The number of nitrogens with zero attached hydrogens (tertiary/aromatic N) is 1. The molecule has 1 unspecified atom stereocenters. The van der Waals surface area contributed by atoms with Gasteiger partial charge in [-0.05, 0) is 37.3 Å². The molecule has 5 nitrogen and oxygen atoms in total. The van der Waals surface area contributed by atoms with Gasteiger partial charge in [-0.15, -0.1) is 0 Å². The summed E-state index contributed by atoms with van der Waals surface area (Å²) < 4.78 is 10.9. The second-order valence-electron chi connectivity index (χ2n) is 6.01. The van der Waals surface area contributed by atoms with Crippen molar-refractivity contribution in [2.75, 3.05) is 20.8 Å². The van der Waals surface area contributed by atoms with Gasteiger partial charge in [-0.25, -0.2) is 0 Å². The van der Waals surface area contributed by atoms with Crippen molar-refractivity contribution in [1.29, 1.82) is 0 Å². The topological polar surface area (TPSA) is 55.8 Å². The molecule has 0 fully saturated rings. The fourth-order valence-corrected chi connectivity index (χ4v) is 2.62. The number of ketones is 1. The van der Waals surface area contributed by atoms with Gasteiger partial charge in [-0.3, -0.25) is 9.59 Å². The van der Waals surface area contributed by atoms with Crippen LogP contribution in [0, 0.1) is 0 Å². The maximum absolute atomic E-state index is 12.5. The van der Waals surface area contributed by atoms with Crippen LogP contribution in [0.2, 0.25) is 0 Å². The Balaban J connectivity index is 1.97. The quantitative estimate of drug-likeness (QED) is 0.674. The second kappa shape index (κ2) is 9.04. The van der Waals surface area contributed by atoms with Gasteiger partial charge in [0.2, 0.25) is 0 Å². The van der Waals surface area contributed by atoms with Gasteiger partial charge in [-0.1, -0.05) is 25.1 Å². The highest BCUT2D eigenvalue weighted by Gasteiger charge is 2.20. The van der Waals surface area contributed by atoms with E-state index < -0.39 is 0 Å². The van der Waals surface area contributed by atoms with Crippen molar-refractivity contribution >= 4 is 11.7 Å². The predicted molar refractivity (Wildman–Crippen MR) is 101 cm³/mol. The first-order valence-electron chi connectivity index (χ1n) is 8.62. The number of hydrogen-bond donors (Lipinski definition) is 0. The molecule has 0 heterocycles. The van der Waals surface area contributed by atoms with Crippen LogP contribution in [0.3, 0.4) is 0 Å². The zero-order chi connectivity index (χ0) is 19.1. The summed E-state index contributed by atoms with van der Waals surface area (Å²) in [6, 6.07) is 14.3. The molecular formula is C21H25NO4. The molecule has 0 bridgehead atoms. The molecule has 0 saturated heterocycles. The molecule has 5 heteroatoms. The molecule has 0 aromatic heterocycles. The van der Waals surface area contributed by atoms with Crippen molar-refractivity contribution in [3.63, 3.8) is 0 Å². The Bertz CT molecular complexity index is 755. The highest BCUT2D eigenvalue weighted by Crippen LogP contribution is 2.28. The first kappa shape index (κ1) is 19.5. The molecule has 0 aliphatic heterocycles. The maximum atomic E-state index is 12.5. The van der Waals surface area contributed by atoms with E-state index >= 15 is 0 Å². The number of amides is 1. The molecular weight excluding hydrogens is 330 g/mol. The molecule has 0 saturated carbocycles. The number of methoxy groups -OCH3 is 1. The third kappa shape index (κ3) is 4.63. The Labute approximate surface area is 154 Å². The van der Waals surface area contributed by atoms with Gasteiger partial charge in [-0.2, -0.15) is 0 Å². The molecule has 0 spiro atoms. The summed E-state index contributed by atoms with van der Waals surface area (Å²) in [5, 5.41) is 0. The van der Waals surface area contributed by atoms with Crippen LogP contribution >= 0.6 is 0 Å². The van der Waals surface area contributed by atoms with E-state index in [0.717, 1.165) is 11.3 Å². The Morgan fingerprint density at radius 3 is 2.35 bits per heavy atom. The fourth-order valence-electron chi connectivity index (χ4n) is 2.62. The molecule has 0 aliphatic rings. The van der Waals surface area contributed by atoms with Crippen molar-refractivity contribution in [1.82, 2.24) is 4.90 Å². The van der Waals surface area contributed by atoms with Crippen LogP contribution < -0.4 is 9.47 Å². The summed E-state index contributed by atoms with van der Waals surface area (Å²) in [5.74, 6) is 1.25. The van der Waals surface area contributed by atoms with Gasteiger partial charge >= 0.3 is 0 Å². The van der Waals surface area contributed by atoms with Crippen LogP contribution in [0.1, 0.15) is 42.2 Å². The van der Waals surface area contributed by atoms with Gasteiger partial charge in [0, 0.05) is 24.6 Å². The van der Waals surface area contributed by atoms with Crippen LogP contribution in [0.4, 0.5) is 0 Å². The Morgan fingerprint density at radius 1 is 1.08 bits per heavy atom. The third-order valence-corrected chi connectivity index (χ3v) is 4.42. The van der Waals surface area contributed by atoms with Crippen LogP contribution in [0.15, 0.2) is 48.5 Å². The lowest BCUT2D eigenvalue weighted by molar-refractivity contribution is -0.134. The van der Waals surface area contributed by atoms with Crippen LogP contribution in [-0.4, -0.2) is 37.4 Å². The predicted octanol–water partition coefficient (Wildman–Crippen LogP) is 3.89. The lowest BCUT2D eigenvalue weighted by Gasteiger charge is -2.26. The number of ether oxygens (including phenoxy) is 2. The normalized spacial score (nSPS) is 11.5. The van der Waals surface area contributed by atoms with Gasteiger partial charge in [0.05, 0.1) is 13.2 Å². The zero-order valence-electron chi connectivity index (χ0n) is 15.7. The summed E-state index contributed by atoms with van der Waals surface area (Å²) in [6.45, 7) is 3.70. The van der Waals surface area contributed by atoms with Crippen LogP contribution in [0.25, 0.3) is 0 Å². The number of carbonyl (C=O) groups excluding carboxylic acids is 2. The summed E-state index contributed by atoms with van der Waals surface area (Å²) in [5.41, 5.74) is 1.58. The molecule has 2 aromatic rings. The average Bonchev–Trinajstić information content (AvgIpc) is 2.70. The molecule has 0 N–H and O–H groups in total. The monoisotopic (exact) mass is 355 g/mol. The minimum Gasteiger partial charge on any atom is -0.496 e. The van der Waals surface area contributed by atoms with E-state index in [1.807, 2.05) is 38.1 Å². The molecule has 2 rings (SSSR count). The van der Waals surface area contributed by atoms with E-state index in [4.69, 9.17) is 9.47 Å². The first-order valence-corrected chi connectivity index (χ1v) is 8.62. The van der Waals surface area contributed by atoms with E-state index in [0.29, 0.717) is 17.7 Å². The molecule has 1 amide bonds. The summed E-state index contributed by atoms with van der Waals surface area (Å²) in [6.07, 6.45) is 0.463. The van der Waals surface area contributed by atoms with E-state index in [2.05, 4.69) is 0 Å². The largest absolute Gasteiger partial charge is 0.496 e. The average molecular weight is 355 g/mol. The van der Waals surface area contributed by atoms with E-state index in [1.54, 1.807) is 43.3 Å². The van der Waals surface area contributed by atoms with Crippen molar-refractivity contribution in [2.45, 2.75) is 26.3 Å². The van der Waals surface area contributed by atoms with Crippen molar-refractivity contribution in [3.05, 3.63) is 59.7 Å². The number of para-hydroxylation sites is 1. The van der Waals surface area contributed by atoms with E-state index in [-0.39, 0.29) is 24.3 Å². The smallest absolute Gasteiger partial charge is 0.260 e. The molecule has 0 radical (unpaired) electrons. The Kier molecular flexibility index (Phi) is 6.78. The molecule has 2 aromatic carbocycles. The molecule has 1 atom stereocenters. The van der Waals surface area contributed by atoms with E-state index in [9.17, 15) is 9.59 Å². The van der Waals surface area contributed by atoms with Gasteiger partial charge in [0.1, 0.15) is 11.5 Å². The van der Waals surface area contributed by atoms with Crippen molar-refractivity contribution in [2.24, 2.45) is 0 Å². The second-order valence-corrected chi connectivity index (χ2v) is 6.01. The van der Waals surface area contributed by atoms with Crippen molar-refractivity contribution in [3.8, 4) is 11.5 Å². The van der Waals surface area contributed by atoms with E-state index in [1.165, 1.54) is 0 Å². The summed E-state index contributed by atoms with van der Waals surface area (Å²) >= 11 is 0. The van der Waals surface area contributed by atoms with Gasteiger partial charge in [0.25, 0.3) is 5.91 Å². The van der Waals surface area contributed by atoms with Crippen LogP contribution in [0.5, 0.6) is 11.5 Å². The number of benzene rings is 2. The van der Waals surface area contributed by atoms with Gasteiger partial charge < -0.3 is 14.4 Å². The summed E-state index contributed by atoms with van der Waals surface area (Å²) in [4.78, 5) is 25.7. The van der Waals surface area contributed by atoms with Gasteiger partial charge in [0.15, 0.2) is 12.4 Å². The first-order chi connectivity index (χ1) is 12.5. The minimum atomic E-state index is -0.146. The minimum absolute atomic E-state index is 0.0724. The van der Waals surface area contributed by atoms with Crippen molar-refractivity contribution < 1.29 is 19.1 Å². The number of hydrogen-bond acceptors (Lipinski definition) is 4. The standard InChI is InChI=1S/C21H25NO4/c1-5-19(23)16-10-12-17(13-11-16)26-14-21(24)22(3)15(2)18-8-6-7-9-20(18)25-4/h6-13,15H,5,14H2,1-4H3. The molecule has 138 valence electrons. The number of rotatable bonds is 8. The van der Waals surface area contributed by atoms with Crippen LogP contribution in [-0.2, 0) is 4.79 Å².